The second kappa shape index (κ2) is 12.1. The van der Waals surface area contributed by atoms with Gasteiger partial charge in [0.05, 0.1) is 52.4 Å². The summed E-state index contributed by atoms with van der Waals surface area (Å²) in [5.41, 5.74) is 4.24. The Bertz CT molecular complexity index is 2650. The molecule has 3 aromatic carbocycles. The number of amides is 1. The molecular weight excluding hydrogens is 679 g/mol. The van der Waals surface area contributed by atoms with E-state index in [2.05, 4.69) is 10.2 Å². The molecule has 0 bridgehead atoms. The average molecular weight is 711 g/mol. The molecular formula is C37H32F2N6O5S. The van der Waals surface area contributed by atoms with E-state index in [0.29, 0.717) is 62.0 Å². The molecule has 0 radical (unpaired) electrons. The maximum absolute atomic E-state index is 15.2. The number of fused-ring (bicyclic) bond motifs is 6. The number of nitrogens with one attached hydrogen (secondary N) is 1. The maximum Gasteiger partial charge on any atom is 0.255 e. The molecule has 11 nitrogen and oxygen atoms in total. The van der Waals surface area contributed by atoms with Crippen LogP contribution in [0.25, 0.3) is 61.0 Å². The third-order valence-corrected chi connectivity index (χ3v) is 10.7. The van der Waals surface area contributed by atoms with E-state index in [9.17, 15) is 17.6 Å². The Morgan fingerprint density at radius 3 is 2.49 bits per heavy atom. The molecule has 0 spiro atoms. The molecule has 1 fully saturated rings. The van der Waals surface area contributed by atoms with E-state index in [4.69, 9.17) is 19.1 Å². The molecule has 0 saturated carbocycles. The van der Waals surface area contributed by atoms with Gasteiger partial charge in [-0.15, -0.1) is 0 Å². The fourth-order valence-electron chi connectivity index (χ4n) is 6.75. The molecule has 5 heterocycles. The van der Waals surface area contributed by atoms with Crippen LogP contribution in [0.1, 0.15) is 16.2 Å². The number of nitrogens with zero attached hydrogens (tertiary/aromatic N) is 5. The Hall–Kier alpha value is -5.44. The SMILES string of the molecule is CNC(=O)c1c(-c2ccc(F)cc2)oc2cc(N(C)S(C)(=O)=O)c(-c3ccc4nc(CN5CC(OC)C5)n5c6cccc(F)c6cc5c4n3)cc12. The van der Waals surface area contributed by atoms with E-state index >= 15 is 4.39 Å². The van der Waals surface area contributed by atoms with Gasteiger partial charge in [-0.25, -0.2) is 27.2 Å². The van der Waals surface area contributed by atoms with Crippen molar-refractivity contribution in [1.82, 2.24) is 24.6 Å². The summed E-state index contributed by atoms with van der Waals surface area (Å²) >= 11 is 0. The van der Waals surface area contributed by atoms with Crippen LogP contribution in [-0.4, -0.2) is 80.2 Å². The molecule has 1 N–H and O–H groups in total. The second-order valence-electron chi connectivity index (χ2n) is 12.7. The number of carbonyl (C=O) groups is 1. The number of pyridine rings is 1. The first kappa shape index (κ1) is 32.7. The maximum atomic E-state index is 15.2. The number of methoxy groups -OCH3 is 1. The summed E-state index contributed by atoms with van der Waals surface area (Å²) in [7, 11) is 0.811. The van der Waals surface area contributed by atoms with Crippen LogP contribution in [0, 0.1) is 11.6 Å². The minimum absolute atomic E-state index is 0.145. The van der Waals surface area contributed by atoms with E-state index in [0.717, 1.165) is 23.7 Å². The lowest BCUT2D eigenvalue weighted by Gasteiger charge is -2.37. The molecule has 1 aliphatic heterocycles. The van der Waals surface area contributed by atoms with Crippen LogP contribution >= 0.6 is 0 Å². The lowest BCUT2D eigenvalue weighted by atomic mass is 10.0. The van der Waals surface area contributed by atoms with E-state index < -0.39 is 21.7 Å². The van der Waals surface area contributed by atoms with Crippen LogP contribution in [0.2, 0.25) is 0 Å². The molecule has 1 saturated heterocycles. The number of sulfonamides is 1. The first-order chi connectivity index (χ1) is 24.4. The summed E-state index contributed by atoms with van der Waals surface area (Å²) in [4.78, 5) is 25.6. The number of likely N-dealkylation sites (tertiary alicyclic amines) is 1. The van der Waals surface area contributed by atoms with E-state index in [1.807, 2.05) is 10.5 Å². The second-order valence-corrected chi connectivity index (χ2v) is 14.7. The van der Waals surface area contributed by atoms with Gasteiger partial charge < -0.3 is 14.5 Å². The monoisotopic (exact) mass is 710 g/mol. The van der Waals surface area contributed by atoms with Gasteiger partial charge in [0, 0.05) is 62.3 Å². The molecule has 260 valence electrons. The third kappa shape index (κ3) is 5.46. The third-order valence-electron chi connectivity index (χ3n) is 9.52. The van der Waals surface area contributed by atoms with Crippen molar-refractivity contribution in [3.8, 4) is 22.6 Å². The number of halogens is 2. The molecule has 4 aromatic heterocycles. The quantitative estimate of drug-likeness (QED) is 0.205. The lowest BCUT2D eigenvalue weighted by Crippen LogP contribution is -2.51. The standard InChI is InChI=1S/C37H32F2N6O5S/c1-40-37(46)34-25-14-24(30(43(2)51(4,47)48)16-32(25)50-36(34)20-8-10-21(38)11-9-20)27-12-13-28-35(42-27)31-15-23-26(39)6-5-7-29(23)45(31)33(41-28)19-44-17-22(18-44)49-3/h5-16,22H,17-19H2,1-4H3,(H,40,46). The van der Waals surface area contributed by atoms with Crippen LogP contribution < -0.4 is 9.62 Å². The topological polar surface area (TPSA) is 122 Å². The molecule has 1 aliphatic rings. The first-order valence-electron chi connectivity index (χ1n) is 16.1. The molecule has 7 aromatic rings. The lowest BCUT2D eigenvalue weighted by molar-refractivity contribution is -0.0345. The van der Waals surface area contributed by atoms with Gasteiger partial charge in [0.25, 0.3) is 5.91 Å². The van der Waals surface area contributed by atoms with Crippen LogP contribution in [0.3, 0.4) is 0 Å². The largest absolute Gasteiger partial charge is 0.455 e. The molecule has 0 aliphatic carbocycles. The zero-order valence-corrected chi connectivity index (χ0v) is 28.9. The molecule has 1 amide bonds. The highest BCUT2D eigenvalue weighted by Gasteiger charge is 2.29. The summed E-state index contributed by atoms with van der Waals surface area (Å²) in [6, 6.07) is 19.0. The molecule has 0 atom stereocenters. The number of furan rings is 1. The Morgan fingerprint density at radius 2 is 1.78 bits per heavy atom. The number of ether oxygens (including phenoxy) is 1. The van der Waals surface area contributed by atoms with Crippen molar-refractivity contribution in [1.29, 1.82) is 0 Å². The van der Waals surface area contributed by atoms with Crippen LogP contribution in [-0.2, 0) is 21.3 Å². The molecule has 51 heavy (non-hydrogen) atoms. The summed E-state index contributed by atoms with van der Waals surface area (Å²) in [6.07, 6.45) is 1.23. The minimum atomic E-state index is -3.78. The summed E-state index contributed by atoms with van der Waals surface area (Å²) < 4.78 is 69.6. The Kier molecular flexibility index (Phi) is 7.78. The number of anilines is 1. The van der Waals surface area contributed by atoms with Gasteiger partial charge in [-0.3, -0.25) is 18.4 Å². The summed E-state index contributed by atoms with van der Waals surface area (Å²) in [5.74, 6) is -0.374. The van der Waals surface area contributed by atoms with Gasteiger partial charge in [-0.2, -0.15) is 0 Å². The molecule has 0 unspecified atom stereocenters. The van der Waals surface area contributed by atoms with Crippen LogP contribution in [0.5, 0.6) is 0 Å². The van der Waals surface area contributed by atoms with Crippen molar-refractivity contribution in [3.05, 3.63) is 95.8 Å². The summed E-state index contributed by atoms with van der Waals surface area (Å²) in [5, 5.41) is 3.46. The number of benzene rings is 3. The molecule has 8 rings (SSSR count). The first-order valence-corrected chi connectivity index (χ1v) is 18.0. The zero-order chi connectivity index (χ0) is 35.8. The highest BCUT2D eigenvalue weighted by molar-refractivity contribution is 7.92. The fraction of sp³-hybridized carbons (Fsp3) is 0.216. The van der Waals surface area contributed by atoms with E-state index in [-0.39, 0.29) is 34.5 Å². The fourth-order valence-corrected chi connectivity index (χ4v) is 7.26. The van der Waals surface area contributed by atoms with Gasteiger partial charge in [0.1, 0.15) is 34.3 Å². The Labute approximate surface area is 291 Å². The van der Waals surface area contributed by atoms with Crippen LogP contribution in [0.15, 0.2) is 77.2 Å². The number of hydrogen-bond acceptors (Lipinski definition) is 8. The van der Waals surface area contributed by atoms with Crippen molar-refractivity contribution in [2.75, 3.05) is 44.9 Å². The van der Waals surface area contributed by atoms with Gasteiger partial charge in [0.2, 0.25) is 10.0 Å². The number of hydrogen-bond donors (Lipinski definition) is 1. The van der Waals surface area contributed by atoms with Gasteiger partial charge in [0.15, 0.2) is 0 Å². The zero-order valence-electron chi connectivity index (χ0n) is 28.1. The Balaban J connectivity index is 1.38. The highest BCUT2D eigenvalue weighted by atomic mass is 32.2. The number of aromatic nitrogens is 3. The van der Waals surface area contributed by atoms with Crippen molar-refractivity contribution >= 4 is 60.0 Å². The van der Waals surface area contributed by atoms with Crippen molar-refractivity contribution in [3.63, 3.8) is 0 Å². The van der Waals surface area contributed by atoms with Gasteiger partial charge in [-0.1, -0.05) is 6.07 Å². The smallest absolute Gasteiger partial charge is 0.255 e. The van der Waals surface area contributed by atoms with Gasteiger partial charge in [-0.05, 0) is 60.7 Å². The minimum Gasteiger partial charge on any atom is -0.455 e. The summed E-state index contributed by atoms with van der Waals surface area (Å²) in [6.45, 7) is 2.00. The van der Waals surface area contributed by atoms with Crippen molar-refractivity contribution in [2.45, 2.75) is 12.6 Å². The predicted molar refractivity (Wildman–Crippen MR) is 191 cm³/mol. The number of rotatable bonds is 8. The van der Waals surface area contributed by atoms with Crippen molar-refractivity contribution < 1.29 is 31.1 Å². The van der Waals surface area contributed by atoms with E-state index in [1.54, 1.807) is 43.5 Å². The average Bonchev–Trinajstić information content (AvgIpc) is 3.68. The predicted octanol–water partition coefficient (Wildman–Crippen LogP) is 5.98. The van der Waals surface area contributed by atoms with Gasteiger partial charge >= 0.3 is 0 Å². The van der Waals surface area contributed by atoms with Crippen molar-refractivity contribution in [2.24, 2.45) is 0 Å². The highest BCUT2D eigenvalue weighted by Crippen LogP contribution is 2.41. The van der Waals surface area contributed by atoms with E-state index in [1.165, 1.54) is 44.4 Å². The number of carbonyl (C=O) groups excluding carboxylic acids is 1. The Morgan fingerprint density at radius 1 is 1.02 bits per heavy atom. The van der Waals surface area contributed by atoms with Crippen LogP contribution in [0.4, 0.5) is 14.5 Å². The molecule has 14 heteroatoms. The normalized spacial score (nSPS) is 14.2.